The average molecular weight is 415 g/mol. The van der Waals surface area contributed by atoms with Crippen molar-refractivity contribution in [2.45, 2.75) is 50.7 Å². The van der Waals surface area contributed by atoms with Gasteiger partial charge in [-0.2, -0.15) is 5.26 Å². The van der Waals surface area contributed by atoms with E-state index in [0.717, 1.165) is 50.0 Å². The number of fused-ring (bicyclic) bond motifs is 1. The third-order valence-electron chi connectivity index (χ3n) is 5.86. The molecule has 7 nitrogen and oxygen atoms in total. The molecule has 0 bridgehead atoms. The van der Waals surface area contributed by atoms with E-state index < -0.39 is 6.10 Å². The summed E-state index contributed by atoms with van der Waals surface area (Å²) < 4.78 is 10.9. The van der Waals surface area contributed by atoms with Crippen LogP contribution in [0.2, 0.25) is 0 Å². The Kier molecular flexibility index (Phi) is 8.08. The van der Waals surface area contributed by atoms with Crippen molar-refractivity contribution >= 4 is 11.6 Å². The van der Waals surface area contributed by atoms with E-state index in [9.17, 15) is 10.1 Å². The summed E-state index contributed by atoms with van der Waals surface area (Å²) in [7, 11) is 1.70. The number of ether oxygens (including phenoxy) is 2. The molecule has 1 aliphatic carbocycles. The van der Waals surface area contributed by atoms with Crippen LogP contribution in [-0.2, 0) is 14.3 Å². The van der Waals surface area contributed by atoms with Gasteiger partial charge in [0, 0.05) is 58.5 Å². The molecule has 1 aliphatic heterocycles. The van der Waals surface area contributed by atoms with Gasteiger partial charge in [0.2, 0.25) is 0 Å². The van der Waals surface area contributed by atoms with Gasteiger partial charge in [-0.1, -0.05) is 19.1 Å². The Hall–Kier alpha value is -2.14. The average Bonchev–Trinajstić information content (AvgIpc) is 3.55. The minimum Gasteiger partial charge on any atom is -0.385 e. The highest BCUT2D eigenvalue weighted by Gasteiger charge is 2.40. The topological polar surface area (TPSA) is 91.8 Å². The summed E-state index contributed by atoms with van der Waals surface area (Å²) in [6.07, 6.45) is 3.25. The normalized spacial score (nSPS) is 18.7. The Bertz CT molecular complexity index is 759. The lowest BCUT2D eigenvalue weighted by Crippen LogP contribution is -2.47. The Morgan fingerprint density at radius 1 is 1.40 bits per heavy atom. The van der Waals surface area contributed by atoms with Crippen LogP contribution in [0.25, 0.3) is 0 Å². The molecule has 2 N–H and O–H groups in total. The van der Waals surface area contributed by atoms with Crippen LogP contribution >= 0.6 is 0 Å². The van der Waals surface area contributed by atoms with Crippen molar-refractivity contribution < 1.29 is 14.3 Å². The number of methoxy groups -OCH3 is 1. The Balaban J connectivity index is 1.79. The smallest absolute Gasteiger partial charge is 0.253 e. The van der Waals surface area contributed by atoms with Gasteiger partial charge in [-0.15, -0.1) is 0 Å². The number of nitrogens with two attached hydrogens (primary N) is 1. The SMILES string of the molecule is CCCOC(CN)C(=O)N(CC1CN(CCCOC)c2c(C#N)cccc21)C1CC1. The molecular formula is C23H34N4O3. The minimum absolute atomic E-state index is 0.00395. The molecule has 1 aromatic rings. The first kappa shape index (κ1) is 22.5. The van der Waals surface area contributed by atoms with E-state index in [1.165, 1.54) is 0 Å². The van der Waals surface area contributed by atoms with Gasteiger partial charge in [0.1, 0.15) is 12.2 Å². The van der Waals surface area contributed by atoms with Gasteiger partial charge in [-0.3, -0.25) is 4.79 Å². The lowest BCUT2D eigenvalue weighted by atomic mass is 9.98. The molecule has 0 radical (unpaired) electrons. The Morgan fingerprint density at radius 3 is 2.83 bits per heavy atom. The van der Waals surface area contributed by atoms with Gasteiger partial charge in [0.15, 0.2) is 0 Å². The monoisotopic (exact) mass is 414 g/mol. The molecule has 3 rings (SSSR count). The first-order valence-corrected chi connectivity index (χ1v) is 11.0. The second-order valence-electron chi connectivity index (χ2n) is 8.16. The van der Waals surface area contributed by atoms with Crippen LogP contribution in [0.5, 0.6) is 0 Å². The van der Waals surface area contributed by atoms with Crippen LogP contribution in [-0.4, -0.2) is 69.5 Å². The Labute approximate surface area is 179 Å². The summed E-state index contributed by atoms with van der Waals surface area (Å²) in [6, 6.07) is 8.53. The molecule has 1 saturated carbocycles. The fourth-order valence-electron chi connectivity index (χ4n) is 4.28. The van der Waals surface area contributed by atoms with Crippen LogP contribution in [0.4, 0.5) is 5.69 Å². The van der Waals surface area contributed by atoms with E-state index in [4.69, 9.17) is 15.2 Å². The van der Waals surface area contributed by atoms with Crippen molar-refractivity contribution in [3.63, 3.8) is 0 Å². The number of carbonyl (C=O) groups excluding carboxylic acids is 1. The number of hydrogen-bond donors (Lipinski definition) is 1. The van der Waals surface area contributed by atoms with Crippen molar-refractivity contribution in [1.82, 2.24) is 4.90 Å². The van der Waals surface area contributed by atoms with Crippen molar-refractivity contribution in [3.05, 3.63) is 29.3 Å². The van der Waals surface area contributed by atoms with Crippen LogP contribution in [0.1, 0.15) is 49.7 Å². The van der Waals surface area contributed by atoms with E-state index in [1.807, 2.05) is 24.0 Å². The number of amides is 1. The maximum absolute atomic E-state index is 13.2. The number of anilines is 1. The van der Waals surface area contributed by atoms with Gasteiger partial charge in [0.05, 0.1) is 11.3 Å². The van der Waals surface area contributed by atoms with E-state index in [-0.39, 0.29) is 24.4 Å². The second-order valence-corrected chi connectivity index (χ2v) is 8.16. The fourth-order valence-corrected chi connectivity index (χ4v) is 4.28. The largest absolute Gasteiger partial charge is 0.385 e. The first-order valence-electron chi connectivity index (χ1n) is 11.0. The summed E-state index contributed by atoms with van der Waals surface area (Å²) in [4.78, 5) is 17.5. The number of nitrogens with zero attached hydrogens (tertiary/aromatic N) is 3. The zero-order chi connectivity index (χ0) is 21.5. The van der Waals surface area contributed by atoms with E-state index >= 15 is 0 Å². The lowest BCUT2D eigenvalue weighted by molar-refractivity contribution is -0.144. The molecule has 1 aromatic carbocycles. The maximum Gasteiger partial charge on any atom is 0.253 e. The van der Waals surface area contributed by atoms with Crippen LogP contribution in [0.3, 0.4) is 0 Å². The molecular weight excluding hydrogens is 380 g/mol. The van der Waals surface area contributed by atoms with E-state index in [1.54, 1.807) is 7.11 Å². The molecule has 7 heteroatoms. The summed E-state index contributed by atoms with van der Waals surface area (Å²) in [5, 5.41) is 9.64. The molecule has 1 fully saturated rings. The molecule has 164 valence electrons. The number of para-hydroxylation sites is 1. The quantitative estimate of drug-likeness (QED) is 0.528. The molecule has 2 aliphatic rings. The molecule has 1 heterocycles. The van der Waals surface area contributed by atoms with Gasteiger partial charge >= 0.3 is 0 Å². The van der Waals surface area contributed by atoms with Crippen molar-refractivity contribution in [1.29, 1.82) is 5.26 Å². The highest BCUT2D eigenvalue weighted by atomic mass is 16.5. The fraction of sp³-hybridized carbons (Fsp3) is 0.652. The van der Waals surface area contributed by atoms with Gasteiger partial charge < -0.3 is 25.0 Å². The number of nitriles is 1. The zero-order valence-electron chi connectivity index (χ0n) is 18.2. The summed E-state index contributed by atoms with van der Waals surface area (Å²) >= 11 is 0. The zero-order valence-corrected chi connectivity index (χ0v) is 18.2. The standard InChI is InChI=1S/C23H34N4O3/c1-3-11-30-21(14-25)23(28)27(19-8-9-19)16-18-15-26(10-5-12-29-2)22-17(13-24)6-4-7-20(18)22/h4,6-7,18-19,21H,3,5,8-12,14-16,25H2,1-2H3. The molecule has 30 heavy (non-hydrogen) atoms. The van der Waals surface area contributed by atoms with Crippen molar-refractivity contribution in [3.8, 4) is 6.07 Å². The van der Waals surface area contributed by atoms with Crippen molar-refractivity contribution in [2.75, 3.05) is 51.4 Å². The van der Waals surface area contributed by atoms with Gasteiger partial charge in [-0.25, -0.2) is 0 Å². The second kappa shape index (κ2) is 10.8. The van der Waals surface area contributed by atoms with Crippen LogP contribution in [0, 0.1) is 11.3 Å². The number of rotatable bonds is 12. The number of carbonyl (C=O) groups is 1. The third kappa shape index (κ3) is 5.12. The predicted octanol–water partition coefficient (Wildman–Crippen LogP) is 2.24. The summed E-state index contributed by atoms with van der Waals surface area (Å²) in [6.45, 7) is 5.72. The number of benzene rings is 1. The van der Waals surface area contributed by atoms with E-state index in [2.05, 4.69) is 17.0 Å². The third-order valence-corrected chi connectivity index (χ3v) is 5.86. The van der Waals surface area contributed by atoms with Crippen molar-refractivity contribution in [2.24, 2.45) is 5.73 Å². The molecule has 0 saturated heterocycles. The maximum atomic E-state index is 13.2. The highest BCUT2D eigenvalue weighted by Crippen LogP contribution is 2.40. The molecule has 2 unspecified atom stereocenters. The van der Waals surface area contributed by atoms with Gasteiger partial charge in [0.25, 0.3) is 5.91 Å². The summed E-state index contributed by atoms with van der Waals surface area (Å²) in [5.74, 6) is 0.175. The molecule has 0 spiro atoms. The van der Waals surface area contributed by atoms with Crippen LogP contribution < -0.4 is 10.6 Å². The summed E-state index contributed by atoms with van der Waals surface area (Å²) in [5.41, 5.74) is 8.73. The molecule has 1 amide bonds. The highest BCUT2D eigenvalue weighted by molar-refractivity contribution is 5.82. The predicted molar refractivity (Wildman–Crippen MR) is 116 cm³/mol. The molecule has 0 aromatic heterocycles. The van der Waals surface area contributed by atoms with E-state index in [0.29, 0.717) is 25.3 Å². The minimum atomic E-state index is -0.574. The molecule has 2 atom stereocenters. The Morgan fingerprint density at radius 2 is 2.20 bits per heavy atom. The number of hydrogen-bond acceptors (Lipinski definition) is 6. The first-order chi connectivity index (χ1) is 14.6. The lowest BCUT2D eigenvalue weighted by Gasteiger charge is -2.29. The van der Waals surface area contributed by atoms with Crippen LogP contribution in [0.15, 0.2) is 18.2 Å². The van der Waals surface area contributed by atoms with Gasteiger partial charge in [-0.05, 0) is 37.3 Å².